The van der Waals surface area contributed by atoms with Gasteiger partial charge in [0.1, 0.15) is 11.5 Å². The molecule has 3 rings (SSSR count). The Bertz CT molecular complexity index is 537. The van der Waals surface area contributed by atoms with Gasteiger partial charge in [-0.25, -0.2) is 0 Å². The lowest BCUT2D eigenvalue weighted by Crippen LogP contribution is -2.35. The lowest BCUT2D eigenvalue weighted by Gasteiger charge is -2.22. The van der Waals surface area contributed by atoms with E-state index in [4.69, 9.17) is 4.42 Å². The summed E-state index contributed by atoms with van der Waals surface area (Å²) in [4.78, 5) is 16.6. The molecule has 1 aliphatic heterocycles. The van der Waals surface area contributed by atoms with Crippen molar-refractivity contribution in [2.24, 2.45) is 11.8 Å². The normalized spacial score (nSPS) is 31.0. The van der Waals surface area contributed by atoms with Crippen LogP contribution in [0.5, 0.6) is 0 Å². The van der Waals surface area contributed by atoms with Crippen LogP contribution in [0.4, 0.5) is 0 Å². The first-order valence-corrected chi connectivity index (χ1v) is 8.48. The van der Waals surface area contributed by atoms with Gasteiger partial charge in [-0.1, -0.05) is 13.8 Å². The molecular formula is C18H28N2O2. The van der Waals surface area contributed by atoms with Crippen LogP contribution in [0.15, 0.2) is 16.5 Å². The van der Waals surface area contributed by atoms with E-state index >= 15 is 0 Å². The van der Waals surface area contributed by atoms with Crippen molar-refractivity contribution in [2.45, 2.75) is 45.1 Å². The number of carbonyl (C=O) groups excluding carboxylic acids is 1. The molecule has 0 radical (unpaired) electrons. The highest BCUT2D eigenvalue weighted by Gasteiger charge is 2.37. The molecule has 0 unspecified atom stereocenters. The molecule has 1 amide bonds. The summed E-state index contributed by atoms with van der Waals surface area (Å²) in [7, 11) is 4.19. The van der Waals surface area contributed by atoms with Crippen LogP contribution in [0.25, 0.3) is 0 Å². The number of carbonyl (C=O) groups is 1. The first-order valence-electron chi connectivity index (χ1n) is 8.48. The van der Waals surface area contributed by atoms with Crippen molar-refractivity contribution in [1.29, 1.82) is 0 Å². The second-order valence-corrected chi connectivity index (χ2v) is 7.43. The monoisotopic (exact) mass is 304 g/mol. The Labute approximate surface area is 133 Å². The summed E-state index contributed by atoms with van der Waals surface area (Å²) >= 11 is 0. The van der Waals surface area contributed by atoms with Crippen molar-refractivity contribution in [2.75, 3.05) is 27.2 Å². The molecule has 122 valence electrons. The third-order valence-corrected chi connectivity index (χ3v) is 5.33. The number of hydrogen-bond donors (Lipinski definition) is 0. The number of rotatable bonds is 5. The van der Waals surface area contributed by atoms with Crippen molar-refractivity contribution in [3.8, 4) is 0 Å². The number of likely N-dealkylation sites (tertiary alicyclic amines) is 1. The molecule has 2 fully saturated rings. The molecule has 1 saturated carbocycles. The summed E-state index contributed by atoms with van der Waals surface area (Å²) in [6.07, 6.45) is 2.51. The van der Waals surface area contributed by atoms with Crippen molar-refractivity contribution >= 4 is 5.91 Å². The van der Waals surface area contributed by atoms with Gasteiger partial charge in [-0.15, -0.1) is 0 Å². The molecule has 1 aromatic heterocycles. The van der Waals surface area contributed by atoms with Gasteiger partial charge in [0, 0.05) is 37.9 Å². The van der Waals surface area contributed by atoms with Gasteiger partial charge in [0.25, 0.3) is 0 Å². The van der Waals surface area contributed by atoms with Crippen LogP contribution < -0.4 is 0 Å². The average molecular weight is 304 g/mol. The predicted octanol–water partition coefficient (Wildman–Crippen LogP) is 2.74. The molecule has 4 nitrogen and oxygen atoms in total. The lowest BCUT2D eigenvalue weighted by atomic mass is 10.1. The van der Waals surface area contributed by atoms with E-state index in [1.54, 1.807) is 0 Å². The van der Waals surface area contributed by atoms with Crippen LogP contribution in [0, 0.1) is 11.8 Å². The Hall–Kier alpha value is -1.29. The average Bonchev–Trinajstić information content (AvgIpc) is 2.91. The summed E-state index contributed by atoms with van der Waals surface area (Å²) in [5, 5.41) is 0. The van der Waals surface area contributed by atoms with Crippen molar-refractivity contribution < 1.29 is 9.21 Å². The van der Waals surface area contributed by atoms with Gasteiger partial charge in [-0.2, -0.15) is 0 Å². The minimum atomic E-state index is 0.258. The molecule has 1 saturated heterocycles. The second-order valence-electron chi connectivity index (χ2n) is 7.43. The number of amides is 1. The van der Waals surface area contributed by atoms with E-state index in [9.17, 15) is 4.79 Å². The highest BCUT2D eigenvalue weighted by Crippen LogP contribution is 2.47. The molecule has 4 atom stereocenters. The van der Waals surface area contributed by atoms with E-state index in [1.807, 2.05) is 11.0 Å². The Morgan fingerprint density at radius 3 is 2.59 bits per heavy atom. The maximum Gasteiger partial charge on any atom is 0.223 e. The number of nitrogens with zero attached hydrogens (tertiary/aromatic N) is 2. The number of likely N-dealkylation sites (N-methyl/N-ethyl adjacent to an activating group) is 1. The minimum absolute atomic E-state index is 0.258. The largest absolute Gasteiger partial charge is 0.466 e. The Kier molecular flexibility index (Phi) is 4.31. The van der Waals surface area contributed by atoms with E-state index in [-0.39, 0.29) is 5.91 Å². The fraction of sp³-hybridized carbons (Fsp3) is 0.722. The van der Waals surface area contributed by atoms with Crippen LogP contribution in [0.2, 0.25) is 0 Å². The van der Waals surface area contributed by atoms with Crippen molar-refractivity contribution in [3.63, 3.8) is 0 Å². The first kappa shape index (κ1) is 15.6. The van der Waals surface area contributed by atoms with Gasteiger partial charge in [0.2, 0.25) is 5.91 Å². The number of aryl methyl sites for hydroxylation is 1. The van der Waals surface area contributed by atoms with E-state index in [0.29, 0.717) is 24.3 Å². The smallest absolute Gasteiger partial charge is 0.223 e. The quantitative estimate of drug-likeness (QED) is 0.839. The van der Waals surface area contributed by atoms with Crippen LogP contribution in [-0.2, 0) is 11.2 Å². The lowest BCUT2D eigenvalue weighted by molar-refractivity contribution is -0.130. The maximum atomic E-state index is 12.4. The maximum absolute atomic E-state index is 12.4. The molecule has 4 heteroatoms. The zero-order valence-electron chi connectivity index (χ0n) is 14.2. The fourth-order valence-corrected chi connectivity index (χ4v) is 3.66. The van der Waals surface area contributed by atoms with E-state index < -0.39 is 0 Å². The van der Waals surface area contributed by atoms with Crippen LogP contribution >= 0.6 is 0 Å². The Morgan fingerprint density at radius 2 is 2.00 bits per heavy atom. The molecule has 0 spiro atoms. The van der Waals surface area contributed by atoms with Gasteiger partial charge in [0.15, 0.2) is 0 Å². The number of hydrogen-bond acceptors (Lipinski definition) is 3. The van der Waals surface area contributed by atoms with Gasteiger partial charge < -0.3 is 14.2 Å². The summed E-state index contributed by atoms with van der Waals surface area (Å²) < 4.78 is 5.89. The Balaban J connectivity index is 1.49. The highest BCUT2D eigenvalue weighted by molar-refractivity contribution is 5.76. The molecule has 1 aromatic rings. The van der Waals surface area contributed by atoms with Gasteiger partial charge in [0.05, 0.1) is 0 Å². The molecule has 0 aromatic carbocycles. The zero-order chi connectivity index (χ0) is 15.9. The molecule has 0 N–H and O–H groups in total. The SMILES string of the molecule is C[C@@H]1C[C@@H]1c1ccc(CCC(=O)N2C[C@H](C)[C@@H](N(C)C)C2)o1. The Morgan fingerprint density at radius 1 is 1.27 bits per heavy atom. The van der Waals surface area contributed by atoms with Gasteiger partial charge >= 0.3 is 0 Å². The third kappa shape index (κ3) is 3.22. The van der Waals surface area contributed by atoms with Crippen molar-refractivity contribution in [3.05, 3.63) is 23.7 Å². The first-order chi connectivity index (χ1) is 10.5. The summed E-state index contributed by atoms with van der Waals surface area (Å²) in [6, 6.07) is 4.62. The van der Waals surface area contributed by atoms with Gasteiger partial charge in [-0.05, 0) is 44.5 Å². The molecule has 2 heterocycles. The molecule has 22 heavy (non-hydrogen) atoms. The second kappa shape index (κ2) is 6.07. The summed E-state index contributed by atoms with van der Waals surface area (Å²) in [5.41, 5.74) is 0. The highest BCUT2D eigenvalue weighted by atomic mass is 16.3. The fourth-order valence-electron chi connectivity index (χ4n) is 3.66. The van der Waals surface area contributed by atoms with Gasteiger partial charge in [-0.3, -0.25) is 4.79 Å². The molecule has 1 aliphatic carbocycles. The topological polar surface area (TPSA) is 36.7 Å². The van der Waals surface area contributed by atoms with E-state index in [0.717, 1.165) is 36.9 Å². The predicted molar refractivity (Wildman–Crippen MR) is 86.8 cm³/mol. The minimum Gasteiger partial charge on any atom is -0.466 e. The summed E-state index contributed by atoms with van der Waals surface area (Å²) in [5.74, 6) is 4.25. The number of furan rings is 1. The standard InChI is InChI=1S/C18H28N2O2/c1-12-9-15(12)17-7-5-14(22-17)6-8-18(21)20-10-13(2)16(11-20)19(3)4/h5,7,12-13,15-16H,6,8-11H2,1-4H3/t12-,13+,15+,16+/m1/s1. The van der Waals surface area contributed by atoms with E-state index in [1.165, 1.54) is 6.42 Å². The van der Waals surface area contributed by atoms with Crippen LogP contribution in [0.3, 0.4) is 0 Å². The molecular weight excluding hydrogens is 276 g/mol. The van der Waals surface area contributed by atoms with Crippen molar-refractivity contribution in [1.82, 2.24) is 9.80 Å². The molecule has 2 aliphatic rings. The van der Waals surface area contributed by atoms with Crippen LogP contribution in [0.1, 0.15) is 44.1 Å². The zero-order valence-corrected chi connectivity index (χ0v) is 14.2. The third-order valence-electron chi connectivity index (χ3n) is 5.33. The van der Waals surface area contributed by atoms with E-state index in [2.05, 4.69) is 38.9 Å². The summed E-state index contributed by atoms with van der Waals surface area (Å²) in [6.45, 7) is 6.22. The van der Waals surface area contributed by atoms with Crippen LogP contribution in [-0.4, -0.2) is 48.9 Å². The molecule has 0 bridgehead atoms.